The maximum absolute atomic E-state index is 12.8. The van der Waals surface area contributed by atoms with Crippen LogP contribution in [0, 0.1) is 0 Å². The summed E-state index contributed by atoms with van der Waals surface area (Å²) in [5, 5.41) is 11.7. The zero-order valence-corrected chi connectivity index (χ0v) is 41.0. The Bertz CT molecular complexity index is 1300. The van der Waals surface area contributed by atoms with Crippen molar-refractivity contribution in [3.05, 3.63) is 85.1 Å². The van der Waals surface area contributed by atoms with Crippen LogP contribution in [0.15, 0.2) is 85.1 Å². The van der Waals surface area contributed by atoms with Gasteiger partial charge in [0.15, 0.2) is 6.10 Å². The molecule has 0 aromatic heterocycles. The maximum atomic E-state index is 12.8. The number of carbonyl (C=O) groups excluding carboxylic acids is 3. The number of carboxylic acid groups (broad SMARTS) is 1. The van der Waals surface area contributed by atoms with Gasteiger partial charge in [-0.1, -0.05) is 176 Å². The summed E-state index contributed by atoms with van der Waals surface area (Å²) in [7, 11) is 5.40. The van der Waals surface area contributed by atoms with Crippen LogP contribution in [0.4, 0.5) is 0 Å². The van der Waals surface area contributed by atoms with Crippen LogP contribution in [-0.2, 0) is 28.6 Å². The van der Waals surface area contributed by atoms with E-state index < -0.39 is 18.1 Å². The zero-order valence-electron chi connectivity index (χ0n) is 41.0. The summed E-state index contributed by atoms with van der Waals surface area (Å²) in [6.45, 7) is 4.49. The molecule has 0 aromatic carbocycles. The summed E-state index contributed by atoms with van der Waals surface area (Å²) >= 11 is 0. The van der Waals surface area contributed by atoms with Crippen molar-refractivity contribution in [2.75, 3.05) is 41.0 Å². The summed E-state index contributed by atoms with van der Waals surface area (Å²) < 4.78 is 17.2. The third kappa shape index (κ3) is 43.5. The standard InChI is InChI=1S/C55H93NO7/c1-6-8-10-12-14-16-18-20-22-24-26-28-30-32-34-36-38-40-42-44-46-54(58)63-51(49-61-48-47-52(55(59)60)56(3,4)5)50-62-53(57)45-43-41-39-37-35-33-31-29-27-25-23-21-19-17-15-13-11-9-7-2/h9,11,15-18,20-23,27,29,33,35,51-52H,6-8,10,12-14,19,24-26,28,30-32,34,36-50H2,1-5H3/b11-9+,17-15+,18-16+,22-20+,23-21+,29-27+,35-33+. The Labute approximate surface area is 386 Å². The van der Waals surface area contributed by atoms with Crippen molar-refractivity contribution >= 4 is 17.9 Å². The average molecular weight is 880 g/mol. The number of quaternary nitrogens is 1. The highest BCUT2D eigenvalue weighted by Crippen LogP contribution is 2.14. The SMILES string of the molecule is CC/C=C/C/C=C/C/C=C/C/C=C/C/C=C/CCCCCC(=O)OCC(COCCC(C(=O)[O-])[N+](C)(C)C)OC(=O)CCCCCCCCCCCC/C=C/C=C/CCCCCC. The fraction of sp³-hybridized carbons (Fsp3) is 0.691. The van der Waals surface area contributed by atoms with Crippen LogP contribution < -0.4 is 5.11 Å². The Hall–Kier alpha value is -3.49. The van der Waals surface area contributed by atoms with E-state index in [1.54, 1.807) is 21.1 Å². The minimum atomic E-state index is -1.13. The topological polar surface area (TPSA) is 102 Å². The minimum Gasteiger partial charge on any atom is -0.544 e. The Morgan fingerprint density at radius 1 is 0.508 bits per heavy atom. The number of unbranched alkanes of at least 4 members (excludes halogenated alkanes) is 17. The Morgan fingerprint density at radius 3 is 1.43 bits per heavy atom. The number of carboxylic acids is 1. The Balaban J connectivity index is 4.34. The first kappa shape index (κ1) is 59.5. The third-order valence-electron chi connectivity index (χ3n) is 10.8. The van der Waals surface area contributed by atoms with Crippen molar-refractivity contribution in [2.24, 2.45) is 0 Å². The number of esters is 2. The number of rotatable bonds is 44. The fourth-order valence-electron chi connectivity index (χ4n) is 6.91. The number of carbonyl (C=O) groups is 3. The lowest BCUT2D eigenvalue weighted by molar-refractivity contribution is -0.889. The van der Waals surface area contributed by atoms with Gasteiger partial charge in [0, 0.05) is 19.3 Å². The molecule has 8 heteroatoms. The predicted octanol–water partition coefficient (Wildman–Crippen LogP) is 13.1. The van der Waals surface area contributed by atoms with Gasteiger partial charge in [0.25, 0.3) is 0 Å². The van der Waals surface area contributed by atoms with Crippen LogP contribution in [0.25, 0.3) is 0 Å². The number of ether oxygens (including phenoxy) is 3. The molecule has 2 atom stereocenters. The largest absolute Gasteiger partial charge is 0.544 e. The molecule has 2 unspecified atom stereocenters. The summed E-state index contributed by atoms with van der Waals surface area (Å²) in [5.41, 5.74) is 0. The van der Waals surface area contributed by atoms with Gasteiger partial charge in [-0.2, -0.15) is 0 Å². The predicted molar refractivity (Wildman–Crippen MR) is 263 cm³/mol. The molecule has 0 spiro atoms. The lowest BCUT2D eigenvalue weighted by Gasteiger charge is -2.34. The van der Waals surface area contributed by atoms with E-state index in [0.717, 1.165) is 83.5 Å². The number of nitrogens with zero attached hydrogens (tertiary/aromatic N) is 1. The van der Waals surface area contributed by atoms with E-state index in [0.29, 0.717) is 12.8 Å². The molecule has 0 aliphatic carbocycles. The monoisotopic (exact) mass is 880 g/mol. The van der Waals surface area contributed by atoms with Crippen LogP contribution in [0.3, 0.4) is 0 Å². The first-order valence-electron chi connectivity index (χ1n) is 25.1. The molecule has 0 rings (SSSR count). The normalized spacial score (nSPS) is 13.6. The highest BCUT2D eigenvalue weighted by Gasteiger charge is 2.25. The van der Waals surface area contributed by atoms with E-state index in [4.69, 9.17) is 14.2 Å². The van der Waals surface area contributed by atoms with E-state index in [2.05, 4.69) is 98.9 Å². The molecule has 0 aliphatic rings. The lowest BCUT2D eigenvalue weighted by atomic mass is 10.1. The second-order valence-corrected chi connectivity index (χ2v) is 17.7. The van der Waals surface area contributed by atoms with Crippen molar-refractivity contribution in [3.8, 4) is 0 Å². The van der Waals surface area contributed by atoms with Gasteiger partial charge in [-0.05, 0) is 83.5 Å². The number of hydrogen-bond acceptors (Lipinski definition) is 7. The van der Waals surface area contributed by atoms with E-state index in [1.165, 1.54) is 77.0 Å². The van der Waals surface area contributed by atoms with Crippen LogP contribution in [0.2, 0.25) is 0 Å². The van der Waals surface area contributed by atoms with Gasteiger partial charge in [-0.3, -0.25) is 9.59 Å². The van der Waals surface area contributed by atoms with Crippen molar-refractivity contribution in [1.29, 1.82) is 0 Å². The summed E-state index contributed by atoms with van der Waals surface area (Å²) in [4.78, 5) is 37.0. The first-order valence-corrected chi connectivity index (χ1v) is 25.1. The second-order valence-electron chi connectivity index (χ2n) is 17.7. The van der Waals surface area contributed by atoms with Gasteiger partial charge in [0.05, 0.1) is 40.3 Å². The number of aliphatic carboxylic acids is 1. The van der Waals surface area contributed by atoms with Crippen molar-refractivity contribution in [2.45, 2.75) is 206 Å². The smallest absolute Gasteiger partial charge is 0.306 e. The summed E-state index contributed by atoms with van der Waals surface area (Å²) in [6, 6.07) is -0.736. The first-order chi connectivity index (χ1) is 30.6. The number of likely N-dealkylation sites (N-methyl/N-ethyl adjacent to an activating group) is 1. The molecule has 0 amide bonds. The summed E-state index contributed by atoms with van der Waals surface area (Å²) in [5.74, 6) is -1.79. The summed E-state index contributed by atoms with van der Waals surface area (Å²) in [6.07, 6.45) is 58.9. The lowest BCUT2D eigenvalue weighted by Crippen LogP contribution is -2.55. The molecule has 0 saturated carbocycles. The van der Waals surface area contributed by atoms with Crippen LogP contribution in [0.5, 0.6) is 0 Å². The minimum absolute atomic E-state index is 0.0243. The highest BCUT2D eigenvalue weighted by molar-refractivity contribution is 5.70. The van der Waals surface area contributed by atoms with Crippen molar-refractivity contribution in [1.82, 2.24) is 0 Å². The molecule has 0 radical (unpaired) electrons. The second kappa shape index (κ2) is 45.1. The Kier molecular flexibility index (Phi) is 42.6. The number of hydrogen-bond donors (Lipinski definition) is 0. The molecule has 0 saturated heterocycles. The molecular weight excluding hydrogens is 787 g/mol. The zero-order chi connectivity index (χ0) is 46.3. The van der Waals surface area contributed by atoms with Gasteiger partial charge in [-0.15, -0.1) is 0 Å². The molecule has 0 aromatic rings. The quantitative estimate of drug-likeness (QED) is 0.0197. The molecular formula is C55H93NO7. The van der Waals surface area contributed by atoms with Crippen LogP contribution in [0.1, 0.15) is 194 Å². The molecule has 0 heterocycles. The van der Waals surface area contributed by atoms with E-state index in [9.17, 15) is 19.5 Å². The number of allylic oxidation sites excluding steroid dienone is 14. The highest BCUT2D eigenvalue weighted by atomic mass is 16.6. The molecule has 0 fully saturated rings. The average Bonchev–Trinajstić information content (AvgIpc) is 3.24. The third-order valence-corrected chi connectivity index (χ3v) is 10.8. The van der Waals surface area contributed by atoms with Crippen molar-refractivity contribution < 1.29 is 38.2 Å². The van der Waals surface area contributed by atoms with Crippen LogP contribution >= 0.6 is 0 Å². The van der Waals surface area contributed by atoms with E-state index >= 15 is 0 Å². The van der Waals surface area contributed by atoms with Gasteiger partial charge in [0.1, 0.15) is 12.6 Å². The van der Waals surface area contributed by atoms with E-state index in [1.807, 2.05) is 0 Å². The molecule has 8 nitrogen and oxygen atoms in total. The van der Waals surface area contributed by atoms with E-state index in [-0.39, 0.29) is 42.7 Å². The molecule has 63 heavy (non-hydrogen) atoms. The van der Waals surface area contributed by atoms with Crippen molar-refractivity contribution in [3.63, 3.8) is 0 Å². The molecule has 360 valence electrons. The van der Waals surface area contributed by atoms with Gasteiger partial charge < -0.3 is 28.6 Å². The molecule has 0 N–H and O–H groups in total. The van der Waals surface area contributed by atoms with Gasteiger partial charge in [-0.25, -0.2) is 0 Å². The van der Waals surface area contributed by atoms with Crippen LogP contribution in [-0.4, -0.2) is 75.5 Å². The molecule has 0 aliphatic heterocycles. The van der Waals surface area contributed by atoms with Gasteiger partial charge in [0.2, 0.25) is 0 Å². The Morgan fingerprint density at radius 2 is 0.937 bits per heavy atom. The van der Waals surface area contributed by atoms with Gasteiger partial charge >= 0.3 is 11.9 Å². The maximum Gasteiger partial charge on any atom is 0.306 e. The molecule has 0 bridgehead atoms. The fourth-order valence-corrected chi connectivity index (χ4v) is 6.91.